The van der Waals surface area contributed by atoms with Crippen LogP contribution < -0.4 is 0 Å². The smallest absolute Gasteiger partial charge is 0.306 e. The molecule has 0 bridgehead atoms. The molecule has 0 saturated heterocycles. The Morgan fingerprint density at radius 1 is 1.39 bits per heavy atom. The number of nitrogens with zero attached hydrogens (tertiary/aromatic N) is 2. The van der Waals surface area contributed by atoms with Crippen molar-refractivity contribution in [3.63, 3.8) is 0 Å². The number of aromatic nitrogens is 2. The van der Waals surface area contributed by atoms with E-state index in [4.69, 9.17) is 5.11 Å². The second kappa shape index (κ2) is 5.04. The molecule has 1 unspecified atom stereocenters. The van der Waals surface area contributed by atoms with E-state index in [9.17, 15) is 4.79 Å². The van der Waals surface area contributed by atoms with E-state index >= 15 is 0 Å². The Kier molecular flexibility index (Phi) is 3.46. The lowest BCUT2D eigenvalue weighted by Crippen LogP contribution is -2.13. The molecule has 0 aliphatic rings. The maximum absolute atomic E-state index is 10.9. The van der Waals surface area contributed by atoms with Crippen LogP contribution in [0.2, 0.25) is 0 Å². The summed E-state index contributed by atoms with van der Waals surface area (Å²) in [6.07, 6.45) is 2.37. The quantitative estimate of drug-likeness (QED) is 0.898. The molecule has 1 N–H and O–H groups in total. The van der Waals surface area contributed by atoms with Crippen LogP contribution in [0.25, 0.3) is 11.1 Å². The molecule has 1 heterocycles. The Morgan fingerprint density at radius 2 is 2.06 bits per heavy atom. The molecule has 18 heavy (non-hydrogen) atoms. The van der Waals surface area contributed by atoms with Crippen LogP contribution in [-0.4, -0.2) is 20.9 Å². The molecule has 2 aromatic rings. The van der Waals surface area contributed by atoms with Crippen molar-refractivity contribution in [2.75, 3.05) is 0 Å². The summed E-state index contributed by atoms with van der Waals surface area (Å²) in [5.74, 6) is -1.22. The van der Waals surface area contributed by atoms with Gasteiger partial charge in [-0.1, -0.05) is 37.3 Å². The van der Waals surface area contributed by atoms with Gasteiger partial charge in [-0.05, 0) is 5.56 Å². The minimum atomic E-state index is -0.792. The molecule has 94 valence electrons. The van der Waals surface area contributed by atoms with Crippen molar-refractivity contribution in [2.24, 2.45) is 13.0 Å². The van der Waals surface area contributed by atoms with Gasteiger partial charge in [0.2, 0.25) is 0 Å². The largest absolute Gasteiger partial charge is 0.481 e. The van der Waals surface area contributed by atoms with Crippen LogP contribution in [-0.2, 0) is 18.3 Å². The first-order valence-corrected chi connectivity index (χ1v) is 5.88. The maximum atomic E-state index is 10.9. The van der Waals surface area contributed by atoms with Gasteiger partial charge in [0, 0.05) is 25.2 Å². The number of carboxylic acid groups (broad SMARTS) is 1. The minimum Gasteiger partial charge on any atom is -0.481 e. The zero-order valence-corrected chi connectivity index (χ0v) is 10.5. The van der Waals surface area contributed by atoms with E-state index in [2.05, 4.69) is 5.10 Å². The molecule has 0 amide bonds. The van der Waals surface area contributed by atoms with Gasteiger partial charge >= 0.3 is 5.97 Å². The molecule has 0 aliphatic carbocycles. The number of aliphatic carboxylic acids is 1. The molecule has 4 nitrogen and oxygen atoms in total. The Balaban J connectivity index is 2.34. The number of carbonyl (C=O) groups is 1. The van der Waals surface area contributed by atoms with Gasteiger partial charge in [-0.15, -0.1) is 0 Å². The summed E-state index contributed by atoms with van der Waals surface area (Å²) in [5, 5.41) is 13.3. The Labute approximate surface area is 106 Å². The first-order chi connectivity index (χ1) is 8.58. The normalized spacial score (nSPS) is 12.3. The summed E-state index contributed by atoms with van der Waals surface area (Å²) in [5.41, 5.74) is 2.91. The SMILES string of the molecule is CC(Cc1nn(C)cc1-c1ccccc1)C(=O)O. The van der Waals surface area contributed by atoms with Crippen LogP contribution in [0.15, 0.2) is 36.5 Å². The van der Waals surface area contributed by atoms with E-state index in [-0.39, 0.29) is 0 Å². The van der Waals surface area contributed by atoms with Crippen molar-refractivity contribution in [3.8, 4) is 11.1 Å². The molecule has 0 fully saturated rings. The van der Waals surface area contributed by atoms with Gasteiger partial charge in [0.25, 0.3) is 0 Å². The molecular weight excluding hydrogens is 228 g/mol. The van der Waals surface area contributed by atoms with Crippen molar-refractivity contribution in [1.29, 1.82) is 0 Å². The lowest BCUT2D eigenvalue weighted by Gasteiger charge is -2.05. The third kappa shape index (κ3) is 2.59. The summed E-state index contributed by atoms with van der Waals surface area (Å²) in [7, 11) is 1.85. The summed E-state index contributed by atoms with van der Waals surface area (Å²) in [6.45, 7) is 1.70. The van der Waals surface area contributed by atoms with Gasteiger partial charge in [-0.3, -0.25) is 9.48 Å². The average molecular weight is 244 g/mol. The van der Waals surface area contributed by atoms with E-state index < -0.39 is 11.9 Å². The zero-order valence-electron chi connectivity index (χ0n) is 10.5. The number of hydrogen-bond acceptors (Lipinski definition) is 2. The van der Waals surface area contributed by atoms with Gasteiger partial charge in [0.05, 0.1) is 11.6 Å². The highest BCUT2D eigenvalue weighted by Crippen LogP contribution is 2.24. The van der Waals surface area contributed by atoms with Crippen molar-refractivity contribution in [3.05, 3.63) is 42.2 Å². The summed E-state index contributed by atoms with van der Waals surface area (Å²) in [6, 6.07) is 9.90. The van der Waals surface area contributed by atoms with Gasteiger partial charge in [-0.25, -0.2) is 0 Å². The van der Waals surface area contributed by atoms with Crippen molar-refractivity contribution >= 4 is 5.97 Å². The van der Waals surface area contributed by atoms with E-state index in [0.717, 1.165) is 16.8 Å². The second-order valence-corrected chi connectivity index (χ2v) is 4.47. The van der Waals surface area contributed by atoms with E-state index in [0.29, 0.717) is 6.42 Å². The second-order valence-electron chi connectivity index (χ2n) is 4.47. The molecule has 4 heteroatoms. The van der Waals surface area contributed by atoms with Crippen LogP contribution in [0.1, 0.15) is 12.6 Å². The van der Waals surface area contributed by atoms with E-state index in [1.54, 1.807) is 11.6 Å². The lowest BCUT2D eigenvalue weighted by atomic mass is 9.99. The number of rotatable bonds is 4. The molecule has 2 rings (SSSR count). The molecule has 0 aliphatic heterocycles. The Hall–Kier alpha value is -2.10. The summed E-state index contributed by atoms with van der Waals surface area (Å²) < 4.78 is 1.73. The van der Waals surface area contributed by atoms with Crippen molar-refractivity contribution < 1.29 is 9.90 Å². The fourth-order valence-electron chi connectivity index (χ4n) is 1.92. The third-order valence-electron chi connectivity index (χ3n) is 2.91. The molecule has 1 aromatic heterocycles. The topological polar surface area (TPSA) is 55.1 Å². The minimum absolute atomic E-state index is 0.428. The fourth-order valence-corrected chi connectivity index (χ4v) is 1.92. The van der Waals surface area contributed by atoms with Crippen LogP contribution in [0.5, 0.6) is 0 Å². The van der Waals surface area contributed by atoms with Crippen LogP contribution >= 0.6 is 0 Å². The monoisotopic (exact) mass is 244 g/mol. The summed E-state index contributed by atoms with van der Waals surface area (Å²) >= 11 is 0. The Bertz CT molecular complexity index is 546. The fraction of sp³-hybridized carbons (Fsp3) is 0.286. The molecule has 0 saturated carbocycles. The van der Waals surface area contributed by atoms with Crippen LogP contribution in [0, 0.1) is 5.92 Å². The summed E-state index contributed by atoms with van der Waals surface area (Å²) in [4.78, 5) is 10.9. The predicted molar refractivity (Wildman–Crippen MR) is 69.1 cm³/mol. The molecule has 1 aromatic carbocycles. The molecule has 0 radical (unpaired) electrons. The number of aryl methyl sites for hydroxylation is 1. The molecular formula is C14H16N2O2. The third-order valence-corrected chi connectivity index (χ3v) is 2.91. The van der Waals surface area contributed by atoms with Gasteiger partial charge in [0.15, 0.2) is 0 Å². The lowest BCUT2D eigenvalue weighted by molar-refractivity contribution is -0.141. The first-order valence-electron chi connectivity index (χ1n) is 5.88. The molecule has 0 spiro atoms. The Morgan fingerprint density at radius 3 is 2.67 bits per heavy atom. The predicted octanol–water partition coefficient (Wildman–Crippen LogP) is 2.35. The van der Waals surface area contributed by atoms with E-state index in [1.807, 2.05) is 43.6 Å². The zero-order chi connectivity index (χ0) is 13.1. The highest BCUT2D eigenvalue weighted by Gasteiger charge is 2.17. The number of benzene rings is 1. The average Bonchev–Trinajstić information content (AvgIpc) is 2.71. The maximum Gasteiger partial charge on any atom is 0.306 e. The van der Waals surface area contributed by atoms with Crippen molar-refractivity contribution in [1.82, 2.24) is 9.78 Å². The highest BCUT2D eigenvalue weighted by atomic mass is 16.4. The van der Waals surface area contributed by atoms with Crippen LogP contribution in [0.3, 0.4) is 0 Å². The van der Waals surface area contributed by atoms with Gasteiger partial charge in [0.1, 0.15) is 0 Å². The standard InChI is InChI=1S/C14H16N2O2/c1-10(14(17)18)8-13-12(9-16(2)15-13)11-6-4-3-5-7-11/h3-7,9-10H,8H2,1-2H3,(H,17,18). The van der Waals surface area contributed by atoms with Gasteiger partial charge in [-0.2, -0.15) is 5.10 Å². The number of hydrogen-bond donors (Lipinski definition) is 1. The highest BCUT2D eigenvalue weighted by molar-refractivity contribution is 5.71. The van der Waals surface area contributed by atoms with Crippen LogP contribution in [0.4, 0.5) is 0 Å². The number of carboxylic acids is 1. The van der Waals surface area contributed by atoms with Crippen molar-refractivity contribution in [2.45, 2.75) is 13.3 Å². The first kappa shape index (κ1) is 12.4. The molecule has 1 atom stereocenters. The van der Waals surface area contributed by atoms with Gasteiger partial charge < -0.3 is 5.11 Å². The van der Waals surface area contributed by atoms with E-state index in [1.165, 1.54) is 0 Å².